The van der Waals surface area contributed by atoms with Crippen molar-refractivity contribution in [3.05, 3.63) is 17.7 Å². The zero-order valence-electron chi connectivity index (χ0n) is 12.9. The second-order valence-corrected chi connectivity index (χ2v) is 6.82. The molecule has 0 saturated heterocycles. The molecular weight excluding hydrogens is 250 g/mol. The average molecular weight is 273 g/mol. The minimum atomic E-state index is -0.00886. The first kappa shape index (κ1) is 13.2. The number of anilines is 1. The molecule has 108 valence electrons. The molecule has 0 bridgehead atoms. The van der Waals surface area contributed by atoms with E-state index < -0.39 is 0 Å². The van der Waals surface area contributed by atoms with Crippen LogP contribution in [0.5, 0.6) is 0 Å². The van der Waals surface area contributed by atoms with Crippen molar-refractivity contribution < 1.29 is 0 Å². The van der Waals surface area contributed by atoms with Crippen LogP contribution in [0.2, 0.25) is 0 Å². The first-order valence-corrected chi connectivity index (χ1v) is 7.18. The highest BCUT2D eigenvalue weighted by atomic mass is 15.3. The second kappa shape index (κ2) is 4.11. The second-order valence-electron chi connectivity index (χ2n) is 6.82. The van der Waals surface area contributed by atoms with Crippen molar-refractivity contribution in [3.8, 4) is 11.3 Å². The van der Waals surface area contributed by atoms with Gasteiger partial charge in [0, 0.05) is 30.3 Å². The standard InChI is InChI=1S/C15H23N5/c1-9-11(8-19(5)18-9)12-13(16)20(10-6-7-10)14(17-12)15(2,3)4/h8,10H,6-7,16H2,1-5H3. The van der Waals surface area contributed by atoms with Gasteiger partial charge >= 0.3 is 0 Å². The smallest absolute Gasteiger partial charge is 0.132 e. The largest absolute Gasteiger partial charge is 0.383 e. The topological polar surface area (TPSA) is 61.7 Å². The summed E-state index contributed by atoms with van der Waals surface area (Å²) in [6, 6.07) is 0.530. The van der Waals surface area contributed by atoms with Crippen LogP contribution in [-0.4, -0.2) is 19.3 Å². The molecule has 0 unspecified atom stereocenters. The SMILES string of the molecule is Cc1nn(C)cc1-c1nc(C(C)(C)C)n(C2CC2)c1N. The van der Waals surface area contributed by atoms with Gasteiger partial charge in [0.05, 0.1) is 5.69 Å². The van der Waals surface area contributed by atoms with Gasteiger partial charge in [0.2, 0.25) is 0 Å². The van der Waals surface area contributed by atoms with Gasteiger partial charge in [-0.2, -0.15) is 5.10 Å². The Balaban J connectivity index is 2.20. The summed E-state index contributed by atoms with van der Waals surface area (Å²) in [5.74, 6) is 1.87. The first-order valence-electron chi connectivity index (χ1n) is 7.18. The van der Waals surface area contributed by atoms with E-state index in [1.165, 1.54) is 12.8 Å². The minimum Gasteiger partial charge on any atom is -0.383 e. The number of nitrogen functional groups attached to an aromatic ring is 1. The van der Waals surface area contributed by atoms with E-state index >= 15 is 0 Å². The molecule has 1 saturated carbocycles. The molecule has 5 heteroatoms. The van der Waals surface area contributed by atoms with Gasteiger partial charge in [-0.3, -0.25) is 4.68 Å². The molecule has 2 aromatic rings. The van der Waals surface area contributed by atoms with Gasteiger partial charge < -0.3 is 10.3 Å². The van der Waals surface area contributed by atoms with Crippen molar-refractivity contribution in [2.45, 2.75) is 52.0 Å². The van der Waals surface area contributed by atoms with Crippen molar-refractivity contribution in [1.82, 2.24) is 19.3 Å². The number of imidazole rings is 1. The Kier molecular flexibility index (Phi) is 2.71. The monoisotopic (exact) mass is 273 g/mol. The van der Waals surface area contributed by atoms with Crippen molar-refractivity contribution >= 4 is 5.82 Å². The lowest BCUT2D eigenvalue weighted by Crippen LogP contribution is -2.19. The van der Waals surface area contributed by atoms with E-state index in [-0.39, 0.29) is 5.41 Å². The molecule has 3 rings (SSSR count). The maximum atomic E-state index is 6.42. The molecule has 2 heterocycles. The highest BCUT2D eigenvalue weighted by Gasteiger charge is 2.34. The predicted molar refractivity (Wildman–Crippen MR) is 80.5 cm³/mol. The van der Waals surface area contributed by atoms with E-state index in [2.05, 4.69) is 30.4 Å². The first-order chi connectivity index (χ1) is 9.29. The molecule has 2 aromatic heterocycles. The van der Waals surface area contributed by atoms with Gasteiger partial charge in [0.25, 0.3) is 0 Å². The third-order valence-corrected chi connectivity index (χ3v) is 3.80. The molecule has 0 aliphatic heterocycles. The highest BCUT2D eigenvalue weighted by molar-refractivity contribution is 5.72. The van der Waals surface area contributed by atoms with Crippen LogP contribution in [0.15, 0.2) is 6.20 Å². The van der Waals surface area contributed by atoms with Crippen LogP contribution in [0.3, 0.4) is 0 Å². The predicted octanol–water partition coefficient (Wildman–Crippen LogP) is 2.81. The van der Waals surface area contributed by atoms with E-state index in [9.17, 15) is 0 Å². The number of nitrogens with zero attached hydrogens (tertiary/aromatic N) is 4. The van der Waals surface area contributed by atoms with Crippen LogP contribution in [0.4, 0.5) is 5.82 Å². The lowest BCUT2D eigenvalue weighted by atomic mass is 9.95. The molecule has 0 spiro atoms. The fraction of sp³-hybridized carbons (Fsp3) is 0.600. The molecule has 0 amide bonds. The summed E-state index contributed by atoms with van der Waals surface area (Å²) in [4.78, 5) is 4.87. The summed E-state index contributed by atoms with van der Waals surface area (Å²) >= 11 is 0. The van der Waals surface area contributed by atoms with Crippen LogP contribution in [-0.2, 0) is 12.5 Å². The maximum Gasteiger partial charge on any atom is 0.132 e. The fourth-order valence-corrected chi connectivity index (χ4v) is 2.71. The van der Waals surface area contributed by atoms with E-state index in [0.29, 0.717) is 6.04 Å². The van der Waals surface area contributed by atoms with E-state index in [0.717, 1.165) is 28.6 Å². The number of nitrogens with two attached hydrogens (primary N) is 1. The van der Waals surface area contributed by atoms with Crippen molar-refractivity contribution in [1.29, 1.82) is 0 Å². The Hall–Kier alpha value is -1.78. The van der Waals surface area contributed by atoms with Crippen LogP contribution in [0.25, 0.3) is 11.3 Å². The Morgan fingerprint density at radius 3 is 2.40 bits per heavy atom. The summed E-state index contributed by atoms with van der Waals surface area (Å²) in [5.41, 5.74) is 9.30. The summed E-state index contributed by atoms with van der Waals surface area (Å²) in [6.07, 6.45) is 4.40. The molecule has 2 N–H and O–H groups in total. The van der Waals surface area contributed by atoms with Crippen LogP contribution < -0.4 is 5.73 Å². The average Bonchev–Trinajstić information content (AvgIpc) is 3.01. The van der Waals surface area contributed by atoms with Crippen molar-refractivity contribution in [3.63, 3.8) is 0 Å². The van der Waals surface area contributed by atoms with E-state index in [1.807, 2.05) is 24.9 Å². The van der Waals surface area contributed by atoms with Gasteiger partial charge in [-0.05, 0) is 19.8 Å². The molecule has 1 aliphatic carbocycles. The Labute approximate surface area is 119 Å². The van der Waals surface area contributed by atoms with Crippen molar-refractivity contribution in [2.24, 2.45) is 7.05 Å². The molecule has 5 nitrogen and oxygen atoms in total. The molecule has 1 fully saturated rings. The van der Waals surface area contributed by atoms with Gasteiger partial charge in [0.1, 0.15) is 17.3 Å². The highest BCUT2D eigenvalue weighted by Crippen LogP contribution is 2.43. The van der Waals surface area contributed by atoms with Gasteiger partial charge in [-0.25, -0.2) is 4.98 Å². The van der Waals surface area contributed by atoms with Gasteiger partial charge in [0.15, 0.2) is 0 Å². The van der Waals surface area contributed by atoms with E-state index in [1.54, 1.807) is 0 Å². The number of aryl methyl sites for hydroxylation is 2. The van der Waals surface area contributed by atoms with Gasteiger partial charge in [-0.15, -0.1) is 0 Å². The third-order valence-electron chi connectivity index (χ3n) is 3.80. The molecule has 0 aromatic carbocycles. The Morgan fingerprint density at radius 1 is 1.30 bits per heavy atom. The Bertz CT molecular complexity index is 653. The molecule has 0 atom stereocenters. The lowest BCUT2D eigenvalue weighted by molar-refractivity contribution is 0.504. The van der Waals surface area contributed by atoms with Crippen LogP contribution >= 0.6 is 0 Å². The quantitative estimate of drug-likeness (QED) is 0.915. The van der Waals surface area contributed by atoms with Crippen molar-refractivity contribution in [2.75, 3.05) is 5.73 Å². The fourth-order valence-electron chi connectivity index (χ4n) is 2.71. The number of rotatable bonds is 2. The zero-order valence-corrected chi connectivity index (χ0v) is 12.9. The maximum absolute atomic E-state index is 6.42. The summed E-state index contributed by atoms with van der Waals surface area (Å²) < 4.78 is 4.05. The molecule has 1 aliphatic rings. The summed E-state index contributed by atoms with van der Waals surface area (Å²) in [6.45, 7) is 8.57. The molecular formula is C15H23N5. The minimum absolute atomic E-state index is 0.00886. The lowest BCUT2D eigenvalue weighted by Gasteiger charge is -2.20. The zero-order chi connectivity index (χ0) is 14.7. The van der Waals surface area contributed by atoms with E-state index in [4.69, 9.17) is 10.7 Å². The molecule has 0 radical (unpaired) electrons. The van der Waals surface area contributed by atoms with Crippen LogP contribution in [0, 0.1) is 6.92 Å². The van der Waals surface area contributed by atoms with Crippen LogP contribution in [0.1, 0.15) is 51.2 Å². The molecule has 20 heavy (non-hydrogen) atoms. The van der Waals surface area contributed by atoms with Gasteiger partial charge in [-0.1, -0.05) is 20.8 Å². The Morgan fingerprint density at radius 2 is 1.95 bits per heavy atom. The number of hydrogen-bond donors (Lipinski definition) is 1. The number of hydrogen-bond acceptors (Lipinski definition) is 3. The summed E-state index contributed by atoms with van der Waals surface area (Å²) in [5, 5.41) is 4.40. The summed E-state index contributed by atoms with van der Waals surface area (Å²) in [7, 11) is 1.93. The normalized spacial score (nSPS) is 15.8. The number of aromatic nitrogens is 4. The third kappa shape index (κ3) is 2.01.